The van der Waals surface area contributed by atoms with Gasteiger partial charge in [-0.05, 0) is 18.2 Å². The Morgan fingerprint density at radius 2 is 2.11 bits per heavy atom. The molecule has 0 unspecified atom stereocenters. The molecule has 3 aromatic rings. The molecule has 3 N–H and O–H groups in total. The van der Waals surface area contributed by atoms with E-state index in [1.807, 2.05) is 0 Å². The quantitative estimate of drug-likeness (QED) is 0.494. The standard InChI is InChI=1S/C10H7ClN4O3S/c11-8-2-1-6-9(14-15-10(6)13-8)7-3-5(4-12-7)19(16,17)18/h1-4,12H,(H,13,14,15)(H,16,17,18). The highest BCUT2D eigenvalue weighted by molar-refractivity contribution is 7.85. The zero-order chi connectivity index (χ0) is 13.6. The monoisotopic (exact) mass is 298 g/mol. The van der Waals surface area contributed by atoms with Crippen molar-refractivity contribution >= 4 is 32.8 Å². The number of fused-ring (bicyclic) bond motifs is 1. The van der Waals surface area contributed by atoms with Gasteiger partial charge in [0.25, 0.3) is 10.1 Å². The number of nitrogens with one attached hydrogen (secondary N) is 2. The Labute approximate surface area is 112 Å². The van der Waals surface area contributed by atoms with Crippen molar-refractivity contribution in [1.82, 2.24) is 20.2 Å². The van der Waals surface area contributed by atoms with E-state index in [1.165, 1.54) is 12.3 Å². The number of hydrogen-bond donors (Lipinski definition) is 3. The lowest BCUT2D eigenvalue weighted by atomic mass is 10.2. The fraction of sp³-hybridized carbons (Fsp3) is 0. The molecule has 0 fully saturated rings. The molecule has 7 nitrogen and oxygen atoms in total. The Kier molecular flexibility index (Phi) is 2.59. The van der Waals surface area contributed by atoms with Crippen molar-refractivity contribution < 1.29 is 13.0 Å². The minimum Gasteiger partial charge on any atom is -0.359 e. The van der Waals surface area contributed by atoms with E-state index in [0.29, 0.717) is 27.6 Å². The fourth-order valence-electron chi connectivity index (χ4n) is 1.75. The van der Waals surface area contributed by atoms with Crippen LogP contribution < -0.4 is 0 Å². The van der Waals surface area contributed by atoms with Crippen molar-refractivity contribution in [3.8, 4) is 11.4 Å². The van der Waals surface area contributed by atoms with Gasteiger partial charge in [0.05, 0.1) is 11.4 Å². The van der Waals surface area contributed by atoms with E-state index < -0.39 is 10.1 Å². The Morgan fingerprint density at radius 1 is 1.32 bits per heavy atom. The lowest BCUT2D eigenvalue weighted by molar-refractivity contribution is 0.483. The van der Waals surface area contributed by atoms with Crippen molar-refractivity contribution in [2.24, 2.45) is 0 Å². The molecule has 0 spiro atoms. The summed E-state index contributed by atoms with van der Waals surface area (Å²) in [6.45, 7) is 0. The van der Waals surface area contributed by atoms with Crippen LogP contribution in [0, 0.1) is 0 Å². The number of halogens is 1. The molecule has 0 aliphatic rings. The summed E-state index contributed by atoms with van der Waals surface area (Å²) >= 11 is 5.75. The van der Waals surface area contributed by atoms with Crippen LogP contribution in [-0.2, 0) is 10.1 Å². The van der Waals surface area contributed by atoms with Gasteiger partial charge < -0.3 is 4.98 Å². The summed E-state index contributed by atoms with van der Waals surface area (Å²) in [5, 5.41) is 7.72. The summed E-state index contributed by atoms with van der Waals surface area (Å²) in [5.74, 6) is 0. The summed E-state index contributed by atoms with van der Waals surface area (Å²) in [6.07, 6.45) is 1.20. The van der Waals surface area contributed by atoms with Crippen LogP contribution in [0.15, 0.2) is 29.3 Å². The molecule has 3 rings (SSSR count). The molecule has 0 aliphatic heterocycles. The van der Waals surface area contributed by atoms with Gasteiger partial charge in [-0.3, -0.25) is 9.65 Å². The maximum atomic E-state index is 11.0. The molecular formula is C10H7ClN4O3S. The highest BCUT2D eigenvalue weighted by Crippen LogP contribution is 2.26. The third-order valence-corrected chi connectivity index (χ3v) is 3.65. The van der Waals surface area contributed by atoms with Crippen molar-refractivity contribution in [3.05, 3.63) is 29.5 Å². The van der Waals surface area contributed by atoms with E-state index in [4.69, 9.17) is 16.2 Å². The maximum Gasteiger partial charge on any atom is 0.296 e. The van der Waals surface area contributed by atoms with Gasteiger partial charge >= 0.3 is 0 Å². The molecule has 0 aliphatic carbocycles. The normalized spacial score (nSPS) is 12.1. The van der Waals surface area contributed by atoms with Gasteiger partial charge in [-0.2, -0.15) is 13.5 Å². The molecule has 9 heteroatoms. The molecule has 3 heterocycles. The molecular weight excluding hydrogens is 292 g/mol. The number of aromatic nitrogens is 4. The summed E-state index contributed by atoms with van der Waals surface area (Å²) in [6, 6.07) is 4.63. The van der Waals surface area contributed by atoms with Crippen LogP contribution in [0.4, 0.5) is 0 Å². The fourth-order valence-corrected chi connectivity index (χ4v) is 2.37. The number of nitrogens with zero attached hydrogens (tertiary/aromatic N) is 2. The number of hydrogen-bond acceptors (Lipinski definition) is 4. The van der Waals surface area contributed by atoms with E-state index in [0.717, 1.165) is 0 Å². The van der Waals surface area contributed by atoms with Crippen molar-refractivity contribution in [3.63, 3.8) is 0 Å². The first kappa shape index (κ1) is 12.2. The molecule has 0 saturated heterocycles. The van der Waals surface area contributed by atoms with Gasteiger partial charge in [-0.15, -0.1) is 0 Å². The van der Waals surface area contributed by atoms with Crippen molar-refractivity contribution in [2.75, 3.05) is 0 Å². The summed E-state index contributed by atoms with van der Waals surface area (Å²) in [7, 11) is -4.24. The first-order valence-corrected chi connectivity index (χ1v) is 6.94. The van der Waals surface area contributed by atoms with Crippen LogP contribution in [0.5, 0.6) is 0 Å². The third kappa shape index (κ3) is 2.09. The van der Waals surface area contributed by atoms with Crippen LogP contribution in [0.25, 0.3) is 22.4 Å². The van der Waals surface area contributed by atoms with E-state index >= 15 is 0 Å². The molecule has 98 valence electrons. The molecule has 0 saturated carbocycles. The number of aromatic amines is 2. The zero-order valence-corrected chi connectivity index (χ0v) is 10.8. The zero-order valence-electron chi connectivity index (χ0n) is 9.25. The molecule has 0 aromatic carbocycles. The van der Waals surface area contributed by atoms with Crippen LogP contribution in [0.2, 0.25) is 5.15 Å². The molecule has 0 amide bonds. The van der Waals surface area contributed by atoms with Gasteiger partial charge in [0.1, 0.15) is 10.0 Å². The highest BCUT2D eigenvalue weighted by atomic mass is 35.5. The van der Waals surface area contributed by atoms with Gasteiger partial charge in [0.2, 0.25) is 0 Å². The molecule has 0 radical (unpaired) electrons. The Bertz CT molecular complexity index is 868. The van der Waals surface area contributed by atoms with E-state index in [2.05, 4.69) is 20.2 Å². The van der Waals surface area contributed by atoms with Gasteiger partial charge in [-0.25, -0.2) is 4.98 Å². The number of pyridine rings is 1. The van der Waals surface area contributed by atoms with Crippen LogP contribution >= 0.6 is 11.6 Å². The second-order valence-corrected chi connectivity index (χ2v) is 5.64. The molecule has 3 aromatic heterocycles. The topological polar surface area (TPSA) is 112 Å². The number of rotatable bonds is 2. The van der Waals surface area contributed by atoms with Gasteiger partial charge in [0, 0.05) is 11.6 Å². The average Bonchev–Trinajstić information content (AvgIpc) is 2.91. The minimum atomic E-state index is -4.24. The average molecular weight is 299 g/mol. The minimum absolute atomic E-state index is 0.216. The lowest BCUT2D eigenvalue weighted by Gasteiger charge is -1.94. The predicted molar refractivity (Wildman–Crippen MR) is 68.5 cm³/mol. The SMILES string of the molecule is O=S(=O)(O)c1c[nH]c(-c2[nH]nc3nc(Cl)ccc23)c1. The van der Waals surface area contributed by atoms with Crippen molar-refractivity contribution in [1.29, 1.82) is 0 Å². The molecule has 19 heavy (non-hydrogen) atoms. The Hall–Kier alpha value is -1.90. The van der Waals surface area contributed by atoms with Crippen LogP contribution in [0.1, 0.15) is 0 Å². The predicted octanol–water partition coefficient (Wildman–Crippen LogP) is 1.85. The third-order valence-electron chi connectivity index (χ3n) is 2.61. The van der Waals surface area contributed by atoms with E-state index in [-0.39, 0.29) is 4.90 Å². The second kappa shape index (κ2) is 4.05. The molecule has 0 bridgehead atoms. The number of H-pyrrole nitrogens is 2. The summed E-state index contributed by atoms with van der Waals surface area (Å²) in [5.41, 5.74) is 1.46. The van der Waals surface area contributed by atoms with E-state index in [9.17, 15) is 8.42 Å². The summed E-state index contributed by atoms with van der Waals surface area (Å²) < 4.78 is 31.0. The lowest BCUT2D eigenvalue weighted by Crippen LogP contribution is -1.94. The Balaban J connectivity index is 2.17. The van der Waals surface area contributed by atoms with Crippen LogP contribution in [0.3, 0.4) is 0 Å². The summed E-state index contributed by atoms with van der Waals surface area (Å²) in [4.78, 5) is 6.55. The van der Waals surface area contributed by atoms with Gasteiger partial charge in [-0.1, -0.05) is 11.6 Å². The maximum absolute atomic E-state index is 11.0. The van der Waals surface area contributed by atoms with Crippen molar-refractivity contribution in [2.45, 2.75) is 4.90 Å². The smallest absolute Gasteiger partial charge is 0.296 e. The van der Waals surface area contributed by atoms with Gasteiger partial charge in [0.15, 0.2) is 5.65 Å². The Morgan fingerprint density at radius 3 is 2.79 bits per heavy atom. The first-order chi connectivity index (χ1) is 8.95. The largest absolute Gasteiger partial charge is 0.359 e. The second-order valence-electron chi connectivity index (χ2n) is 3.83. The first-order valence-electron chi connectivity index (χ1n) is 5.12. The van der Waals surface area contributed by atoms with Crippen LogP contribution in [-0.4, -0.2) is 33.1 Å². The highest BCUT2D eigenvalue weighted by Gasteiger charge is 2.15. The molecule has 0 atom stereocenters. The van der Waals surface area contributed by atoms with E-state index in [1.54, 1.807) is 12.1 Å².